The zero-order chi connectivity index (χ0) is 14.9. The lowest BCUT2D eigenvalue weighted by Gasteiger charge is -2.31. The van der Waals surface area contributed by atoms with E-state index in [9.17, 15) is 14.0 Å². The van der Waals surface area contributed by atoms with Crippen molar-refractivity contribution < 1.29 is 14.0 Å². The standard InChI is InChI=1S/C15H17ClFNO2/c1-8(2)3-13-12(7-14(19)18-15(13)20)9-4-10(16)6-11(17)5-9/h4-6,8,12-13H,3,7H2,1-2H3,(H,18,19,20). The number of imide groups is 1. The van der Waals surface area contributed by atoms with Crippen LogP contribution in [0, 0.1) is 17.7 Å². The number of nitrogens with one attached hydrogen (secondary N) is 1. The van der Waals surface area contributed by atoms with Gasteiger partial charge in [-0.25, -0.2) is 4.39 Å². The molecule has 108 valence electrons. The molecule has 0 aliphatic carbocycles. The van der Waals surface area contributed by atoms with Gasteiger partial charge in [-0.15, -0.1) is 0 Å². The van der Waals surface area contributed by atoms with Crippen LogP contribution >= 0.6 is 11.6 Å². The minimum Gasteiger partial charge on any atom is -0.296 e. The fraction of sp³-hybridized carbons (Fsp3) is 0.467. The Bertz CT molecular complexity index is 524. The molecule has 2 amide bonds. The molecule has 1 aliphatic heterocycles. The number of benzene rings is 1. The van der Waals surface area contributed by atoms with Gasteiger partial charge < -0.3 is 0 Å². The van der Waals surface area contributed by atoms with Gasteiger partial charge in [-0.1, -0.05) is 25.4 Å². The molecule has 1 fully saturated rings. The van der Waals surface area contributed by atoms with E-state index in [2.05, 4.69) is 5.32 Å². The molecule has 1 N–H and O–H groups in total. The summed E-state index contributed by atoms with van der Waals surface area (Å²) in [5, 5.41) is 2.64. The van der Waals surface area contributed by atoms with Gasteiger partial charge in [-0.05, 0) is 36.1 Å². The van der Waals surface area contributed by atoms with Crippen LogP contribution in [-0.2, 0) is 9.59 Å². The molecule has 2 rings (SSSR count). The molecule has 0 bridgehead atoms. The third-order valence-corrected chi connectivity index (χ3v) is 3.75. The zero-order valence-corrected chi connectivity index (χ0v) is 12.2. The quantitative estimate of drug-likeness (QED) is 0.870. The molecule has 2 unspecified atom stereocenters. The minimum absolute atomic E-state index is 0.183. The Kier molecular flexibility index (Phi) is 4.43. The average molecular weight is 298 g/mol. The molecule has 0 saturated carbocycles. The predicted molar refractivity (Wildman–Crippen MR) is 74.9 cm³/mol. The van der Waals surface area contributed by atoms with E-state index < -0.39 is 5.82 Å². The molecule has 1 heterocycles. The molecule has 1 aliphatic rings. The number of carbonyl (C=O) groups excluding carboxylic acids is 2. The third-order valence-electron chi connectivity index (χ3n) is 3.53. The lowest BCUT2D eigenvalue weighted by Crippen LogP contribution is -2.45. The maximum absolute atomic E-state index is 13.5. The van der Waals surface area contributed by atoms with Crippen LogP contribution in [0.1, 0.15) is 38.2 Å². The van der Waals surface area contributed by atoms with Crippen molar-refractivity contribution in [3.8, 4) is 0 Å². The number of amides is 2. The Labute approximate surface area is 122 Å². The zero-order valence-electron chi connectivity index (χ0n) is 11.5. The van der Waals surface area contributed by atoms with Crippen molar-refractivity contribution in [3.63, 3.8) is 0 Å². The first-order valence-corrected chi connectivity index (χ1v) is 7.04. The van der Waals surface area contributed by atoms with Gasteiger partial charge in [-0.2, -0.15) is 0 Å². The normalized spacial score (nSPS) is 23.1. The van der Waals surface area contributed by atoms with Crippen LogP contribution in [0.25, 0.3) is 0 Å². The van der Waals surface area contributed by atoms with Gasteiger partial charge in [0.15, 0.2) is 0 Å². The molecule has 0 radical (unpaired) electrons. The fourth-order valence-electron chi connectivity index (χ4n) is 2.72. The topological polar surface area (TPSA) is 46.2 Å². The second kappa shape index (κ2) is 5.92. The second-order valence-corrected chi connectivity index (χ2v) is 6.10. The van der Waals surface area contributed by atoms with Crippen molar-refractivity contribution in [2.24, 2.45) is 11.8 Å². The van der Waals surface area contributed by atoms with Crippen LogP contribution < -0.4 is 5.32 Å². The van der Waals surface area contributed by atoms with Gasteiger partial charge in [0.05, 0.1) is 0 Å². The van der Waals surface area contributed by atoms with Gasteiger partial charge in [0.1, 0.15) is 5.82 Å². The highest BCUT2D eigenvalue weighted by Crippen LogP contribution is 2.36. The van der Waals surface area contributed by atoms with E-state index in [1.54, 1.807) is 6.07 Å². The highest BCUT2D eigenvalue weighted by molar-refractivity contribution is 6.30. The molecule has 0 aromatic heterocycles. The van der Waals surface area contributed by atoms with Gasteiger partial charge in [0.2, 0.25) is 11.8 Å². The van der Waals surface area contributed by atoms with E-state index in [4.69, 9.17) is 11.6 Å². The van der Waals surface area contributed by atoms with Gasteiger partial charge in [0, 0.05) is 23.3 Å². The molecule has 1 aromatic carbocycles. The van der Waals surface area contributed by atoms with Crippen molar-refractivity contribution in [1.82, 2.24) is 5.32 Å². The van der Waals surface area contributed by atoms with Crippen molar-refractivity contribution in [2.45, 2.75) is 32.6 Å². The summed E-state index contributed by atoms with van der Waals surface area (Å²) in [5.74, 6) is -1.38. The molecule has 0 spiro atoms. The summed E-state index contributed by atoms with van der Waals surface area (Å²) in [5.41, 5.74) is 0.615. The Balaban J connectivity index is 2.37. The Hall–Kier alpha value is -1.42. The average Bonchev–Trinajstić information content (AvgIpc) is 2.30. The Morgan fingerprint density at radius 3 is 2.65 bits per heavy atom. The molecular formula is C15H17ClFNO2. The van der Waals surface area contributed by atoms with Crippen molar-refractivity contribution >= 4 is 23.4 Å². The monoisotopic (exact) mass is 297 g/mol. The molecule has 1 aromatic rings. The Morgan fingerprint density at radius 1 is 1.35 bits per heavy atom. The number of carbonyl (C=O) groups is 2. The van der Waals surface area contributed by atoms with Crippen LogP contribution in [0.2, 0.25) is 5.02 Å². The van der Waals surface area contributed by atoms with E-state index in [1.807, 2.05) is 13.8 Å². The summed E-state index contributed by atoms with van der Waals surface area (Å²) in [6.07, 6.45) is 0.834. The van der Waals surface area contributed by atoms with Crippen molar-refractivity contribution in [1.29, 1.82) is 0 Å². The number of hydrogen-bond donors (Lipinski definition) is 1. The van der Waals surface area contributed by atoms with Gasteiger partial charge in [0.25, 0.3) is 0 Å². The maximum atomic E-state index is 13.5. The minimum atomic E-state index is -0.450. The molecule has 3 nitrogen and oxygen atoms in total. The van der Waals surface area contributed by atoms with Crippen LogP contribution in [0.3, 0.4) is 0 Å². The summed E-state index contributed by atoms with van der Waals surface area (Å²) >= 11 is 5.87. The molecule has 20 heavy (non-hydrogen) atoms. The van der Waals surface area contributed by atoms with E-state index in [0.717, 1.165) is 0 Å². The van der Waals surface area contributed by atoms with Crippen molar-refractivity contribution in [3.05, 3.63) is 34.6 Å². The SMILES string of the molecule is CC(C)CC1C(=O)NC(=O)CC1c1cc(F)cc(Cl)c1. The smallest absolute Gasteiger partial charge is 0.230 e. The first kappa shape index (κ1) is 15.0. The summed E-state index contributed by atoms with van der Waals surface area (Å²) in [4.78, 5) is 23.6. The molecule has 5 heteroatoms. The molecular weight excluding hydrogens is 281 g/mol. The molecule has 2 atom stereocenters. The van der Waals surface area contributed by atoms with Gasteiger partial charge >= 0.3 is 0 Å². The van der Waals surface area contributed by atoms with E-state index in [0.29, 0.717) is 17.9 Å². The highest BCUT2D eigenvalue weighted by atomic mass is 35.5. The van der Waals surface area contributed by atoms with Gasteiger partial charge in [-0.3, -0.25) is 14.9 Å². The van der Waals surface area contributed by atoms with Crippen LogP contribution in [-0.4, -0.2) is 11.8 Å². The largest absolute Gasteiger partial charge is 0.296 e. The summed E-state index contributed by atoms with van der Waals surface area (Å²) in [6, 6.07) is 4.21. The Morgan fingerprint density at radius 2 is 2.05 bits per heavy atom. The maximum Gasteiger partial charge on any atom is 0.230 e. The lowest BCUT2D eigenvalue weighted by molar-refractivity contribution is -0.137. The predicted octanol–water partition coefficient (Wildman–Crippen LogP) is 3.27. The van der Waals surface area contributed by atoms with E-state index in [1.165, 1.54) is 12.1 Å². The van der Waals surface area contributed by atoms with Crippen LogP contribution in [0.5, 0.6) is 0 Å². The first-order chi connectivity index (χ1) is 9.36. The summed E-state index contributed by atoms with van der Waals surface area (Å²) < 4.78 is 13.5. The first-order valence-electron chi connectivity index (χ1n) is 6.66. The van der Waals surface area contributed by atoms with Crippen molar-refractivity contribution in [2.75, 3.05) is 0 Å². The van der Waals surface area contributed by atoms with Crippen LogP contribution in [0.4, 0.5) is 4.39 Å². The van der Waals surface area contributed by atoms with E-state index in [-0.39, 0.29) is 35.1 Å². The number of piperidine rings is 1. The summed E-state index contributed by atoms with van der Waals surface area (Å²) in [6.45, 7) is 4.03. The van der Waals surface area contributed by atoms with E-state index >= 15 is 0 Å². The fourth-order valence-corrected chi connectivity index (χ4v) is 2.95. The highest BCUT2D eigenvalue weighted by Gasteiger charge is 2.37. The summed E-state index contributed by atoms with van der Waals surface area (Å²) in [7, 11) is 0. The molecule has 1 saturated heterocycles. The number of hydrogen-bond acceptors (Lipinski definition) is 2. The number of rotatable bonds is 3. The van der Waals surface area contributed by atoms with Crippen LogP contribution in [0.15, 0.2) is 18.2 Å². The lowest BCUT2D eigenvalue weighted by atomic mass is 9.76. The second-order valence-electron chi connectivity index (χ2n) is 5.66. The third kappa shape index (κ3) is 3.37. The number of halogens is 2.